The molecule has 0 saturated heterocycles. The Bertz CT molecular complexity index is 368. The second kappa shape index (κ2) is 9.33. The highest BCUT2D eigenvalue weighted by molar-refractivity contribution is 6.30. The Morgan fingerprint density at radius 2 is 2.00 bits per heavy atom. The van der Waals surface area contributed by atoms with Crippen LogP contribution in [0.15, 0.2) is 18.2 Å². The van der Waals surface area contributed by atoms with Crippen LogP contribution in [0.2, 0.25) is 5.02 Å². The van der Waals surface area contributed by atoms with Gasteiger partial charge in [-0.2, -0.15) is 0 Å². The zero-order valence-corrected chi connectivity index (χ0v) is 12.8. The number of hydrogen-bond donors (Lipinski definition) is 1. The summed E-state index contributed by atoms with van der Waals surface area (Å²) in [5, 5.41) is 3.82. The van der Waals surface area contributed by atoms with E-state index in [1.807, 2.05) is 6.07 Å². The maximum Gasteiger partial charge on any atom is 0.141 e. The van der Waals surface area contributed by atoms with Crippen LogP contribution >= 0.6 is 11.6 Å². The van der Waals surface area contributed by atoms with Gasteiger partial charge in [0.05, 0.1) is 5.02 Å². The topological polar surface area (TPSA) is 12.0 Å². The largest absolute Gasteiger partial charge is 0.314 e. The van der Waals surface area contributed by atoms with Gasteiger partial charge in [-0.3, -0.25) is 0 Å². The standard InChI is InChI=1S/C16H25ClFN/c1-3-6-14(19-11-4-2)8-5-7-13-9-10-16(18)15(17)12-13/h9-10,12,14,19H,3-8,11H2,1-2H3. The van der Waals surface area contributed by atoms with E-state index in [1.54, 1.807) is 6.07 Å². The highest BCUT2D eigenvalue weighted by Gasteiger charge is 2.07. The molecule has 1 unspecified atom stereocenters. The van der Waals surface area contributed by atoms with Gasteiger partial charge in [0.25, 0.3) is 0 Å². The van der Waals surface area contributed by atoms with E-state index in [1.165, 1.54) is 31.7 Å². The van der Waals surface area contributed by atoms with Gasteiger partial charge in [0.15, 0.2) is 0 Å². The number of nitrogens with one attached hydrogen (secondary N) is 1. The van der Waals surface area contributed by atoms with Crippen molar-refractivity contribution in [1.82, 2.24) is 5.32 Å². The first-order chi connectivity index (χ1) is 9.17. The summed E-state index contributed by atoms with van der Waals surface area (Å²) in [6.07, 6.45) is 6.86. The summed E-state index contributed by atoms with van der Waals surface area (Å²) in [5.41, 5.74) is 1.12. The van der Waals surface area contributed by atoms with Crippen molar-refractivity contribution in [1.29, 1.82) is 0 Å². The molecular formula is C16H25ClFN. The van der Waals surface area contributed by atoms with Gasteiger partial charge in [0.2, 0.25) is 0 Å². The van der Waals surface area contributed by atoms with Crippen LogP contribution in [0.3, 0.4) is 0 Å². The summed E-state index contributed by atoms with van der Waals surface area (Å²) in [5.74, 6) is -0.334. The van der Waals surface area contributed by atoms with Crippen molar-refractivity contribution in [3.05, 3.63) is 34.6 Å². The van der Waals surface area contributed by atoms with Gasteiger partial charge in [-0.25, -0.2) is 4.39 Å². The molecule has 108 valence electrons. The number of benzene rings is 1. The smallest absolute Gasteiger partial charge is 0.141 e. The Morgan fingerprint density at radius 3 is 2.63 bits per heavy atom. The van der Waals surface area contributed by atoms with E-state index >= 15 is 0 Å². The van der Waals surface area contributed by atoms with E-state index in [4.69, 9.17) is 11.6 Å². The quantitative estimate of drug-likeness (QED) is 0.675. The van der Waals surface area contributed by atoms with Crippen LogP contribution in [-0.2, 0) is 6.42 Å². The van der Waals surface area contributed by atoms with Gasteiger partial charge in [-0.15, -0.1) is 0 Å². The first-order valence-corrected chi connectivity index (χ1v) is 7.72. The minimum absolute atomic E-state index is 0.228. The summed E-state index contributed by atoms with van der Waals surface area (Å²) < 4.78 is 13.0. The predicted octanol–water partition coefficient (Wildman–Crippen LogP) is 4.97. The molecule has 0 heterocycles. The second-order valence-corrected chi connectivity index (χ2v) is 5.49. The lowest BCUT2D eigenvalue weighted by Gasteiger charge is -2.17. The van der Waals surface area contributed by atoms with Crippen LogP contribution in [0, 0.1) is 5.82 Å². The molecule has 0 bridgehead atoms. The van der Waals surface area contributed by atoms with Gasteiger partial charge in [-0.05, 0) is 56.3 Å². The van der Waals surface area contributed by atoms with Crippen molar-refractivity contribution in [2.75, 3.05) is 6.54 Å². The van der Waals surface area contributed by atoms with E-state index in [9.17, 15) is 4.39 Å². The van der Waals surface area contributed by atoms with Crippen molar-refractivity contribution < 1.29 is 4.39 Å². The fraction of sp³-hybridized carbons (Fsp3) is 0.625. The molecule has 0 aromatic heterocycles. The fourth-order valence-electron chi connectivity index (χ4n) is 2.29. The van der Waals surface area contributed by atoms with Crippen molar-refractivity contribution >= 4 is 11.6 Å². The average Bonchev–Trinajstić information content (AvgIpc) is 2.40. The van der Waals surface area contributed by atoms with E-state index < -0.39 is 0 Å². The van der Waals surface area contributed by atoms with E-state index in [0.717, 1.165) is 24.9 Å². The molecule has 1 rings (SSSR count). The van der Waals surface area contributed by atoms with Gasteiger partial charge >= 0.3 is 0 Å². The summed E-state index contributed by atoms with van der Waals surface area (Å²) in [7, 11) is 0. The summed E-state index contributed by atoms with van der Waals surface area (Å²) in [6, 6.07) is 5.64. The molecule has 0 aliphatic carbocycles. The molecule has 3 heteroatoms. The zero-order valence-electron chi connectivity index (χ0n) is 12.0. The normalized spacial score (nSPS) is 12.6. The molecule has 1 atom stereocenters. The average molecular weight is 286 g/mol. The van der Waals surface area contributed by atoms with Crippen molar-refractivity contribution in [3.63, 3.8) is 0 Å². The van der Waals surface area contributed by atoms with Crippen LogP contribution < -0.4 is 5.32 Å². The minimum Gasteiger partial charge on any atom is -0.314 e. The van der Waals surface area contributed by atoms with Crippen LogP contribution in [0.25, 0.3) is 0 Å². The molecule has 0 fully saturated rings. The van der Waals surface area contributed by atoms with Crippen LogP contribution in [-0.4, -0.2) is 12.6 Å². The molecule has 1 nitrogen and oxygen atoms in total. The number of hydrogen-bond acceptors (Lipinski definition) is 1. The zero-order chi connectivity index (χ0) is 14.1. The van der Waals surface area contributed by atoms with Crippen molar-refractivity contribution in [2.45, 2.75) is 58.4 Å². The molecule has 1 aromatic rings. The first-order valence-electron chi connectivity index (χ1n) is 7.34. The van der Waals surface area contributed by atoms with Crippen molar-refractivity contribution in [3.8, 4) is 0 Å². The van der Waals surface area contributed by atoms with E-state index in [0.29, 0.717) is 6.04 Å². The fourth-order valence-corrected chi connectivity index (χ4v) is 2.50. The molecule has 0 saturated carbocycles. The molecule has 0 aliphatic rings. The molecule has 0 aliphatic heterocycles. The van der Waals surface area contributed by atoms with Crippen LogP contribution in [0.4, 0.5) is 4.39 Å². The Kier molecular flexibility index (Phi) is 8.08. The Morgan fingerprint density at radius 1 is 1.21 bits per heavy atom. The molecule has 1 aromatic carbocycles. The molecule has 0 spiro atoms. The van der Waals surface area contributed by atoms with E-state index in [-0.39, 0.29) is 10.8 Å². The lowest BCUT2D eigenvalue weighted by molar-refractivity contribution is 0.438. The van der Waals surface area contributed by atoms with Crippen molar-refractivity contribution in [2.24, 2.45) is 0 Å². The first kappa shape index (κ1) is 16.5. The number of rotatable bonds is 9. The Labute approximate surface area is 121 Å². The summed E-state index contributed by atoms with van der Waals surface area (Å²) in [6.45, 7) is 5.50. The molecule has 1 N–H and O–H groups in total. The van der Waals surface area contributed by atoms with Gasteiger partial charge < -0.3 is 5.32 Å². The molecule has 0 amide bonds. The lowest BCUT2D eigenvalue weighted by Crippen LogP contribution is -2.29. The lowest BCUT2D eigenvalue weighted by atomic mass is 10.0. The molecular weight excluding hydrogens is 261 g/mol. The monoisotopic (exact) mass is 285 g/mol. The third-order valence-corrected chi connectivity index (χ3v) is 3.61. The minimum atomic E-state index is -0.334. The SMILES string of the molecule is CCCNC(CCC)CCCc1ccc(F)c(Cl)c1. The Balaban J connectivity index is 2.35. The van der Waals surface area contributed by atoms with Gasteiger partial charge in [-0.1, -0.05) is 37.9 Å². The third kappa shape index (κ3) is 6.40. The number of halogens is 2. The van der Waals surface area contributed by atoms with Gasteiger partial charge in [0, 0.05) is 6.04 Å². The maximum absolute atomic E-state index is 13.0. The predicted molar refractivity (Wildman–Crippen MR) is 81.3 cm³/mol. The highest BCUT2D eigenvalue weighted by atomic mass is 35.5. The Hall–Kier alpha value is -0.600. The highest BCUT2D eigenvalue weighted by Crippen LogP contribution is 2.18. The summed E-state index contributed by atoms with van der Waals surface area (Å²) >= 11 is 5.79. The molecule has 0 radical (unpaired) electrons. The third-order valence-electron chi connectivity index (χ3n) is 3.32. The van der Waals surface area contributed by atoms with Crippen LogP contribution in [0.1, 0.15) is 51.5 Å². The van der Waals surface area contributed by atoms with E-state index in [2.05, 4.69) is 19.2 Å². The second-order valence-electron chi connectivity index (χ2n) is 5.08. The maximum atomic E-state index is 13.0. The van der Waals surface area contributed by atoms with Gasteiger partial charge in [0.1, 0.15) is 5.82 Å². The number of aryl methyl sites for hydroxylation is 1. The summed E-state index contributed by atoms with van der Waals surface area (Å²) in [4.78, 5) is 0. The molecule has 19 heavy (non-hydrogen) atoms. The van der Waals surface area contributed by atoms with Crippen LogP contribution in [0.5, 0.6) is 0 Å².